The van der Waals surface area contributed by atoms with Gasteiger partial charge in [-0.3, -0.25) is 5.32 Å². The first-order valence-electron chi connectivity index (χ1n) is 6.69. The molecule has 2 rings (SSSR count). The average Bonchev–Trinajstić information content (AvgIpc) is 2.50. The molecule has 102 valence electrons. The Labute approximate surface area is 125 Å². The molecule has 2 aromatic carbocycles. The van der Waals surface area contributed by atoms with Crippen molar-refractivity contribution in [3.05, 3.63) is 70.2 Å². The molecule has 0 amide bonds. The van der Waals surface area contributed by atoms with Crippen LogP contribution < -0.4 is 5.32 Å². The molecular formula is C17H17ClN2. The minimum absolute atomic E-state index is 0.295. The predicted molar refractivity (Wildman–Crippen MR) is 82.5 cm³/mol. The molecule has 20 heavy (non-hydrogen) atoms. The Morgan fingerprint density at radius 3 is 2.20 bits per heavy atom. The van der Waals surface area contributed by atoms with E-state index in [-0.39, 0.29) is 6.04 Å². The number of nitriles is 1. The van der Waals surface area contributed by atoms with Crippen molar-refractivity contribution >= 4 is 11.6 Å². The molecule has 1 unspecified atom stereocenters. The quantitative estimate of drug-likeness (QED) is 0.890. The van der Waals surface area contributed by atoms with Gasteiger partial charge in [0, 0.05) is 11.6 Å². The van der Waals surface area contributed by atoms with Crippen molar-refractivity contribution in [1.82, 2.24) is 5.32 Å². The smallest absolute Gasteiger partial charge is 0.121 e. The zero-order valence-electron chi connectivity index (χ0n) is 11.4. The summed E-state index contributed by atoms with van der Waals surface area (Å²) in [6.07, 6.45) is 1.01. The maximum atomic E-state index is 9.29. The van der Waals surface area contributed by atoms with Crippen LogP contribution in [0.25, 0.3) is 0 Å². The molecule has 1 N–H and O–H groups in total. The van der Waals surface area contributed by atoms with Gasteiger partial charge in [-0.25, -0.2) is 0 Å². The summed E-state index contributed by atoms with van der Waals surface area (Å²) < 4.78 is 0. The summed E-state index contributed by atoms with van der Waals surface area (Å²) in [5, 5.41) is 13.3. The summed E-state index contributed by atoms with van der Waals surface area (Å²) in [5.74, 6) is 0. The Bertz CT molecular complexity index is 582. The van der Waals surface area contributed by atoms with Gasteiger partial charge < -0.3 is 0 Å². The third-order valence-electron chi connectivity index (χ3n) is 3.27. The van der Waals surface area contributed by atoms with Gasteiger partial charge in [-0.15, -0.1) is 0 Å². The van der Waals surface area contributed by atoms with E-state index in [1.54, 1.807) is 0 Å². The number of hydrogen-bond donors (Lipinski definition) is 1. The van der Waals surface area contributed by atoms with Crippen molar-refractivity contribution in [1.29, 1.82) is 5.26 Å². The number of nitrogens with zero attached hydrogens (tertiary/aromatic N) is 1. The lowest BCUT2D eigenvalue weighted by Gasteiger charge is -2.12. The van der Waals surface area contributed by atoms with Crippen molar-refractivity contribution in [2.24, 2.45) is 0 Å². The Hall–Kier alpha value is -1.82. The van der Waals surface area contributed by atoms with Crippen LogP contribution in [0.5, 0.6) is 0 Å². The van der Waals surface area contributed by atoms with Crippen molar-refractivity contribution in [3.63, 3.8) is 0 Å². The molecule has 2 nitrogen and oxygen atoms in total. The molecule has 3 heteroatoms. The van der Waals surface area contributed by atoms with Gasteiger partial charge in [0.25, 0.3) is 0 Å². The highest BCUT2D eigenvalue weighted by atomic mass is 35.5. The Morgan fingerprint density at radius 2 is 1.65 bits per heavy atom. The van der Waals surface area contributed by atoms with Gasteiger partial charge in [-0.1, -0.05) is 54.9 Å². The predicted octanol–water partition coefficient (Wildman–Crippen LogP) is 4.26. The Kier molecular flexibility index (Phi) is 5.17. The fourth-order valence-electron chi connectivity index (χ4n) is 2.01. The van der Waals surface area contributed by atoms with Gasteiger partial charge in [-0.05, 0) is 35.2 Å². The van der Waals surface area contributed by atoms with E-state index >= 15 is 0 Å². The summed E-state index contributed by atoms with van der Waals surface area (Å²) in [7, 11) is 0. The minimum atomic E-state index is -0.295. The van der Waals surface area contributed by atoms with E-state index in [4.69, 9.17) is 11.6 Å². The van der Waals surface area contributed by atoms with Crippen LogP contribution in [0.1, 0.15) is 29.7 Å². The first-order chi connectivity index (χ1) is 9.72. The highest BCUT2D eigenvalue weighted by molar-refractivity contribution is 6.30. The number of hydrogen-bond acceptors (Lipinski definition) is 2. The maximum Gasteiger partial charge on any atom is 0.121 e. The van der Waals surface area contributed by atoms with Gasteiger partial charge in [-0.2, -0.15) is 5.26 Å². The summed E-state index contributed by atoms with van der Waals surface area (Å²) in [6, 6.07) is 17.8. The van der Waals surface area contributed by atoms with E-state index in [0.29, 0.717) is 6.54 Å². The molecule has 0 aliphatic rings. The zero-order valence-corrected chi connectivity index (χ0v) is 12.2. The summed E-state index contributed by atoms with van der Waals surface area (Å²) >= 11 is 5.85. The van der Waals surface area contributed by atoms with Crippen LogP contribution >= 0.6 is 11.6 Å². The van der Waals surface area contributed by atoms with Gasteiger partial charge in [0.15, 0.2) is 0 Å². The topological polar surface area (TPSA) is 35.8 Å². The maximum absolute atomic E-state index is 9.29. The van der Waals surface area contributed by atoms with Crippen LogP contribution in [0, 0.1) is 11.3 Å². The second-order valence-corrected chi connectivity index (χ2v) is 5.10. The van der Waals surface area contributed by atoms with Crippen LogP contribution in [0.2, 0.25) is 5.02 Å². The molecule has 0 heterocycles. The highest BCUT2D eigenvalue weighted by Gasteiger charge is 2.09. The van der Waals surface area contributed by atoms with Crippen LogP contribution in [-0.2, 0) is 13.0 Å². The second-order valence-electron chi connectivity index (χ2n) is 4.66. The molecule has 0 saturated carbocycles. The standard InChI is InChI=1S/C17H17ClN2/c1-2-13-3-7-15(8-4-13)17(11-19)20-12-14-5-9-16(18)10-6-14/h3-10,17,20H,2,12H2,1H3. The second kappa shape index (κ2) is 7.09. The lowest BCUT2D eigenvalue weighted by Crippen LogP contribution is -2.19. The van der Waals surface area contributed by atoms with E-state index < -0.39 is 0 Å². The molecule has 0 aliphatic heterocycles. The zero-order chi connectivity index (χ0) is 14.4. The number of aryl methyl sites for hydroxylation is 1. The van der Waals surface area contributed by atoms with E-state index in [1.807, 2.05) is 36.4 Å². The summed E-state index contributed by atoms with van der Waals surface area (Å²) in [4.78, 5) is 0. The van der Waals surface area contributed by atoms with E-state index in [9.17, 15) is 5.26 Å². The van der Waals surface area contributed by atoms with Crippen molar-refractivity contribution in [2.45, 2.75) is 25.9 Å². The molecule has 0 bridgehead atoms. The van der Waals surface area contributed by atoms with Crippen LogP contribution in [0.4, 0.5) is 0 Å². The van der Waals surface area contributed by atoms with E-state index in [2.05, 4.69) is 30.4 Å². The largest absolute Gasteiger partial charge is 0.294 e. The average molecular weight is 285 g/mol. The van der Waals surface area contributed by atoms with Crippen molar-refractivity contribution in [2.75, 3.05) is 0 Å². The van der Waals surface area contributed by atoms with Crippen LogP contribution in [-0.4, -0.2) is 0 Å². The van der Waals surface area contributed by atoms with Crippen LogP contribution in [0.15, 0.2) is 48.5 Å². The van der Waals surface area contributed by atoms with E-state index in [1.165, 1.54) is 5.56 Å². The lowest BCUT2D eigenvalue weighted by molar-refractivity contribution is 0.630. The third kappa shape index (κ3) is 3.84. The Morgan fingerprint density at radius 1 is 1.05 bits per heavy atom. The molecule has 0 aliphatic carbocycles. The summed E-state index contributed by atoms with van der Waals surface area (Å²) in [5.41, 5.74) is 3.39. The van der Waals surface area contributed by atoms with Crippen LogP contribution in [0.3, 0.4) is 0 Å². The molecule has 1 atom stereocenters. The van der Waals surface area contributed by atoms with Crippen molar-refractivity contribution in [3.8, 4) is 6.07 Å². The fraction of sp³-hybridized carbons (Fsp3) is 0.235. The first-order valence-corrected chi connectivity index (χ1v) is 7.07. The molecular weight excluding hydrogens is 268 g/mol. The number of nitrogens with one attached hydrogen (secondary N) is 1. The van der Waals surface area contributed by atoms with E-state index in [0.717, 1.165) is 22.6 Å². The minimum Gasteiger partial charge on any atom is -0.294 e. The Balaban J connectivity index is 2.01. The fourth-order valence-corrected chi connectivity index (χ4v) is 2.13. The molecule has 2 aromatic rings. The SMILES string of the molecule is CCc1ccc(C(C#N)NCc2ccc(Cl)cc2)cc1. The monoisotopic (exact) mass is 284 g/mol. The van der Waals surface area contributed by atoms with Gasteiger partial charge >= 0.3 is 0 Å². The number of benzene rings is 2. The molecule has 0 spiro atoms. The third-order valence-corrected chi connectivity index (χ3v) is 3.53. The van der Waals surface area contributed by atoms with Crippen molar-refractivity contribution < 1.29 is 0 Å². The number of halogens is 1. The molecule has 0 radical (unpaired) electrons. The lowest BCUT2D eigenvalue weighted by atomic mass is 10.0. The molecule has 0 fully saturated rings. The summed E-state index contributed by atoms with van der Waals surface area (Å²) in [6.45, 7) is 2.76. The van der Waals surface area contributed by atoms with Gasteiger partial charge in [0.05, 0.1) is 6.07 Å². The number of rotatable bonds is 5. The highest BCUT2D eigenvalue weighted by Crippen LogP contribution is 2.15. The van der Waals surface area contributed by atoms with Gasteiger partial charge in [0.1, 0.15) is 6.04 Å². The van der Waals surface area contributed by atoms with Gasteiger partial charge in [0.2, 0.25) is 0 Å². The normalized spacial score (nSPS) is 11.8. The molecule has 0 saturated heterocycles. The molecule has 0 aromatic heterocycles. The first kappa shape index (κ1) is 14.6.